The molecule has 0 saturated heterocycles. The van der Waals surface area contributed by atoms with Crippen molar-refractivity contribution >= 4 is 0 Å². The molecule has 3 atom stereocenters. The smallest absolute Gasteiger partial charge is 0.178 e. The first-order chi connectivity index (χ1) is 5.61. The molecule has 0 nitrogen and oxygen atoms in total. The van der Waals surface area contributed by atoms with Crippen LogP contribution in [0.5, 0.6) is 0 Å². The molecule has 0 N–H and O–H groups in total. The van der Waals surface area contributed by atoms with Gasteiger partial charge >= 0.3 is 0 Å². The summed E-state index contributed by atoms with van der Waals surface area (Å²) in [5.41, 5.74) is 0. The SMILES string of the molecule is CC(C)[C@H]1C=CC(F)C#CC1C. The van der Waals surface area contributed by atoms with E-state index in [0.717, 1.165) is 0 Å². The average molecular weight is 166 g/mol. The molecule has 0 aromatic carbocycles. The molecule has 0 aromatic rings. The molecular formula is C11H15F. The molecule has 0 bridgehead atoms. The largest absolute Gasteiger partial charge is 0.229 e. The van der Waals surface area contributed by atoms with E-state index in [4.69, 9.17) is 0 Å². The molecule has 1 aliphatic rings. The van der Waals surface area contributed by atoms with Crippen molar-refractivity contribution in [2.75, 3.05) is 0 Å². The standard InChI is InChI=1S/C11H15F/c1-8(2)11-7-6-10(12)5-4-9(11)3/h6-11H,1-3H3/t9?,10?,11-/m1/s1. The summed E-state index contributed by atoms with van der Waals surface area (Å²) >= 11 is 0. The second-order valence-corrected chi connectivity index (χ2v) is 3.69. The van der Waals surface area contributed by atoms with Crippen molar-refractivity contribution in [1.82, 2.24) is 0 Å². The minimum absolute atomic E-state index is 0.280. The summed E-state index contributed by atoms with van der Waals surface area (Å²) in [6, 6.07) is 0. The first kappa shape index (κ1) is 9.32. The van der Waals surface area contributed by atoms with Crippen LogP contribution in [-0.4, -0.2) is 6.17 Å². The zero-order chi connectivity index (χ0) is 9.14. The molecule has 1 aliphatic carbocycles. The van der Waals surface area contributed by atoms with E-state index in [0.29, 0.717) is 11.8 Å². The van der Waals surface area contributed by atoms with Gasteiger partial charge in [0.15, 0.2) is 6.17 Å². The third-order valence-electron chi connectivity index (χ3n) is 2.30. The summed E-state index contributed by atoms with van der Waals surface area (Å²) in [7, 11) is 0. The molecule has 12 heavy (non-hydrogen) atoms. The van der Waals surface area contributed by atoms with Gasteiger partial charge in [-0.3, -0.25) is 0 Å². The van der Waals surface area contributed by atoms with Crippen LogP contribution >= 0.6 is 0 Å². The predicted octanol–water partition coefficient (Wildman–Crippen LogP) is 2.81. The quantitative estimate of drug-likeness (QED) is 0.415. The number of halogens is 1. The van der Waals surface area contributed by atoms with Crippen molar-refractivity contribution in [2.24, 2.45) is 17.8 Å². The van der Waals surface area contributed by atoms with Crippen molar-refractivity contribution in [2.45, 2.75) is 26.9 Å². The van der Waals surface area contributed by atoms with Crippen LogP contribution in [0.4, 0.5) is 4.39 Å². The minimum atomic E-state index is -1.06. The van der Waals surface area contributed by atoms with Gasteiger partial charge in [-0.15, -0.1) is 0 Å². The molecule has 0 fully saturated rings. The predicted molar refractivity (Wildman–Crippen MR) is 49.3 cm³/mol. The molecule has 0 aromatic heterocycles. The Morgan fingerprint density at radius 3 is 2.50 bits per heavy atom. The zero-order valence-electron chi connectivity index (χ0n) is 7.84. The molecule has 1 rings (SSSR count). The normalized spacial score (nSPS) is 34.2. The molecule has 66 valence electrons. The van der Waals surface area contributed by atoms with E-state index in [2.05, 4.69) is 32.6 Å². The van der Waals surface area contributed by atoms with Gasteiger partial charge < -0.3 is 0 Å². The number of alkyl halides is 1. The molecule has 0 aliphatic heterocycles. The Hall–Kier alpha value is -0.770. The highest BCUT2D eigenvalue weighted by atomic mass is 19.1. The van der Waals surface area contributed by atoms with Crippen LogP contribution in [0.2, 0.25) is 0 Å². The zero-order valence-corrected chi connectivity index (χ0v) is 7.84. The van der Waals surface area contributed by atoms with Crippen LogP contribution < -0.4 is 0 Å². The molecule has 1 heteroatoms. The van der Waals surface area contributed by atoms with Crippen molar-refractivity contribution in [3.05, 3.63) is 12.2 Å². The van der Waals surface area contributed by atoms with Crippen molar-refractivity contribution in [1.29, 1.82) is 0 Å². The fraction of sp³-hybridized carbons (Fsp3) is 0.636. The second-order valence-electron chi connectivity index (χ2n) is 3.69. The molecule has 0 radical (unpaired) electrons. The molecule has 0 heterocycles. The Labute approximate surface area is 73.9 Å². The van der Waals surface area contributed by atoms with E-state index < -0.39 is 6.17 Å². The minimum Gasteiger partial charge on any atom is -0.229 e. The lowest BCUT2D eigenvalue weighted by atomic mass is 9.85. The Balaban J connectivity index is 2.79. The third kappa shape index (κ3) is 2.11. The lowest BCUT2D eigenvalue weighted by Crippen LogP contribution is -2.13. The fourth-order valence-corrected chi connectivity index (χ4v) is 1.55. The number of allylic oxidation sites excluding steroid dienone is 2. The summed E-state index contributed by atoms with van der Waals surface area (Å²) in [6.07, 6.45) is 2.46. The van der Waals surface area contributed by atoms with E-state index >= 15 is 0 Å². The van der Waals surface area contributed by atoms with Gasteiger partial charge in [-0.25, -0.2) is 4.39 Å². The summed E-state index contributed by atoms with van der Waals surface area (Å²) in [6.45, 7) is 6.34. The van der Waals surface area contributed by atoms with Crippen LogP contribution in [0, 0.1) is 29.6 Å². The lowest BCUT2D eigenvalue weighted by Gasteiger charge is -2.19. The second kappa shape index (κ2) is 3.76. The van der Waals surface area contributed by atoms with E-state index in [1.165, 1.54) is 0 Å². The molecule has 0 spiro atoms. The summed E-state index contributed by atoms with van der Waals surface area (Å²) < 4.78 is 12.8. The maximum absolute atomic E-state index is 12.8. The molecule has 0 amide bonds. The first-order valence-electron chi connectivity index (χ1n) is 4.44. The Bertz CT molecular complexity index is 229. The number of hydrogen-bond donors (Lipinski definition) is 0. The highest BCUT2D eigenvalue weighted by molar-refractivity contribution is 5.20. The number of hydrogen-bond acceptors (Lipinski definition) is 0. The van der Waals surface area contributed by atoms with Crippen LogP contribution in [-0.2, 0) is 0 Å². The van der Waals surface area contributed by atoms with Crippen molar-refractivity contribution < 1.29 is 4.39 Å². The van der Waals surface area contributed by atoms with Crippen molar-refractivity contribution in [3.8, 4) is 11.8 Å². The van der Waals surface area contributed by atoms with Gasteiger partial charge in [0.25, 0.3) is 0 Å². The van der Waals surface area contributed by atoms with Gasteiger partial charge in [0.2, 0.25) is 0 Å². The van der Waals surface area contributed by atoms with Gasteiger partial charge in [-0.2, -0.15) is 0 Å². The Morgan fingerprint density at radius 2 is 1.92 bits per heavy atom. The fourth-order valence-electron chi connectivity index (χ4n) is 1.55. The lowest BCUT2D eigenvalue weighted by molar-refractivity contribution is 0.393. The van der Waals surface area contributed by atoms with Crippen molar-refractivity contribution in [3.63, 3.8) is 0 Å². The summed E-state index contributed by atoms with van der Waals surface area (Å²) in [5, 5.41) is 0. The van der Waals surface area contributed by atoms with Gasteiger partial charge in [-0.05, 0) is 17.9 Å². The van der Waals surface area contributed by atoms with Crippen LogP contribution in [0.1, 0.15) is 20.8 Å². The monoisotopic (exact) mass is 166 g/mol. The Kier molecular flexibility index (Phi) is 2.92. The molecule has 2 unspecified atom stereocenters. The summed E-state index contributed by atoms with van der Waals surface area (Å²) in [5.74, 6) is 6.73. The first-order valence-corrected chi connectivity index (χ1v) is 4.44. The van der Waals surface area contributed by atoms with E-state index in [-0.39, 0.29) is 5.92 Å². The van der Waals surface area contributed by atoms with E-state index in [1.54, 1.807) is 6.08 Å². The van der Waals surface area contributed by atoms with Crippen LogP contribution in [0.25, 0.3) is 0 Å². The highest BCUT2D eigenvalue weighted by Gasteiger charge is 2.18. The molecular weight excluding hydrogens is 151 g/mol. The van der Waals surface area contributed by atoms with E-state index in [9.17, 15) is 4.39 Å². The van der Waals surface area contributed by atoms with E-state index in [1.807, 2.05) is 6.08 Å². The van der Waals surface area contributed by atoms with Gasteiger partial charge in [-0.1, -0.05) is 38.7 Å². The van der Waals surface area contributed by atoms with Crippen LogP contribution in [0.15, 0.2) is 12.2 Å². The van der Waals surface area contributed by atoms with Gasteiger partial charge in [0, 0.05) is 5.92 Å². The average Bonchev–Trinajstić information content (AvgIpc) is 2.14. The maximum Gasteiger partial charge on any atom is 0.178 e. The maximum atomic E-state index is 12.8. The Morgan fingerprint density at radius 1 is 1.25 bits per heavy atom. The highest BCUT2D eigenvalue weighted by Crippen LogP contribution is 2.23. The van der Waals surface area contributed by atoms with Gasteiger partial charge in [0.1, 0.15) is 0 Å². The number of rotatable bonds is 1. The summed E-state index contributed by atoms with van der Waals surface area (Å²) in [4.78, 5) is 0. The third-order valence-corrected chi connectivity index (χ3v) is 2.30. The van der Waals surface area contributed by atoms with Gasteiger partial charge in [0.05, 0.1) is 0 Å². The van der Waals surface area contributed by atoms with Crippen LogP contribution in [0.3, 0.4) is 0 Å². The topological polar surface area (TPSA) is 0 Å². The molecule has 0 saturated carbocycles.